The number of unbranched alkanes of at least 4 members (excludes halogenated alkanes) is 5. The van der Waals surface area contributed by atoms with Gasteiger partial charge in [0.25, 0.3) is 0 Å². The number of phenolic OH excluding ortho intramolecular Hbond substituents is 3. The minimum Gasteiger partial charge on any atom is -0.504 e. The molecule has 1 aliphatic rings. The van der Waals surface area contributed by atoms with E-state index in [0.717, 1.165) is 48.9 Å². The van der Waals surface area contributed by atoms with Gasteiger partial charge in [0.2, 0.25) is 11.6 Å². The quantitative estimate of drug-likeness (QED) is 0.291. The van der Waals surface area contributed by atoms with E-state index >= 15 is 0 Å². The zero-order valence-corrected chi connectivity index (χ0v) is 18.1. The average Bonchev–Trinajstić information content (AvgIpc) is 2.76. The number of Topliss-reactive ketones (excluding diaryl/α,β-unsaturated/α-hetero) is 2. The predicted octanol–water partition coefficient (Wildman–Crippen LogP) is 5.15. The number of fused-ring (bicyclic) bond motifs is 1. The number of ether oxygens (including phenoxy) is 1. The van der Waals surface area contributed by atoms with Gasteiger partial charge in [-0.1, -0.05) is 46.0 Å². The molecule has 3 N–H and O–H groups in total. The van der Waals surface area contributed by atoms with Crippen LogP contribution in [0.15, 0.2) is 24.3 Å². The van der Waals surface area contributed by atoms with E-state index < -0.39 is 34.9 Å². The summed E-state index contributed by atoms with van der Waals surface area (Å²) in [7, 11) is 0. The van der Waals surface area contributed by atoms with Gasteiger partial charge in [-0.05, 0) is 54.7 Å². The molecule has 0 saturated heterocycles. The Morgan fingerprint density at radius 1 is 0.839 bits per heavy atom. The molecule has 2 aromatic carbocycles. The predicted molar refractivity (Wildman–Crippen MR) is 117 cm³/mol. The Balaban J connectivity index is 1.83. The molecule has 6 nitrogen and oxygen atoms in total. The summed E-state index contributed by atoms with van der Waals surface area (Å²) in [5.41, 5.74) is 2.50. The van der Waals surface area contributed by atoms with Gasteiger partial charge >= 0.3 is 0 Å². The van der Waals surface area contributed by atoms with Crippen LogP contribution in [0, 0.1) is 0 Å². The minimum absolute atomic E-state index is 0.103. The van der Waals surface area contributed by atoms with Crippen LogP contribution >= 0.6 is 0 Å². The third kappa shape index (κ3) is 4.84. The Morgan fingerprint density at radius 2 is 1.48 bits per heavy atom. The van der Waals surface area contributed by atoms with Crippen molar-refractivity contribution in [2.45, 2.75) is 71.3 Å². The van der Waals surface area contributed by atoms with E-state index in [1.165, 1.54) is 25.7 Å². The van der Waals surface area contributed by atoms with Crippen LogP contribution in [0.4, 0.5) is 0 Å². The smallest absolute Gasteiger partial charge is 0.248 e. The molecule has 166 valence electrons. The van der Waals surface area contributed by atoms with Crippen molar-refractivity contribution in [1.29, 1.82) is 0 Å². The molecule has 3 rings (SSSR count). The highest BCUT2D eigenvalue weighted by Crippen LogP contribution is 2.41. The Bertz CT molecular complexity index is 955. The van der Waals surface area contributed by atoms with Crippen LogP contribution in [0.25, 0.3) is 0 Å². The van der Waals surface area contributed by atoms with Crippen molar-refractivity contribution in [3.05, 3.63) is 46.5 Å². The zero-order valence-electron chi connectivity index (χ0n) is 18.1. The fraction of sp³-hybridized carbons (Fsp3) is 0.440. The molecule has 0 aliphatic carbocycles. The molecule has 1 atom stereocenters. The molecule has 0 amide bonds. The van der Waals surface area contributed by atoms with Gasteiger partial charge in [-0.3, -0.25) is 9.59 Å². The zero-order chi connectivity index (χ0) is 22.5. The molecule has 6 heteroatoms. The lowest BCUT2D eigenvalue weighted by atomic mass is 9.90. The first-order chi connectivity index (χ1) is 14.9. The van der Waals surface area contributed by atoms with Crippen molar-refractivity contribution in [2.24, 2.45) is 0 Å². The monoisotopic (exact) mass is 426 g/mol. The number of carbonyl (C=O) groups excluding carboxylic acids is 2. The number of ketones is 2. The van der Waals surface area contributed by atoms with Crippen molar-refractivity contribution in [3.63, 3.8) is 0 Å². The molecule has 0 aromatic heterocycles. The van der Waals surface area contributed by atoms with Gasteiger partial charge in [-0.25, -0.2) is 0 Å². The van der Waals surface area contributed by atoms with Crippen LogP contribution in [0.5, 0.6) is 23.0 Å². The van der Waals surface area contributed by atoms with E-state index in [1.54, 1.807) is 6.07 Å². The lowest BCUT2D eigenvalue weighted by Crippen LogP contribution is -2.32. The summed E-state index contributed by atoms with van der Waals surface area (Å²) in [4.78, 5) is 25.6. The van der Waals surface area contributed by atoms with Crippen molar-refractivity contribution >= 4 is 11.6 Å². The first kappa shape index (κ1) is 22.7. The average molecular weight is 427 g/mol. The largest absolute Gasteiger partial charge is 0.504 e. The van der Waals surface area contributed by atoms with Gasteiger partial charge in [0, 0.05) is 5.56 Å². The Labute approximate surface area is 182 Å². The van der Waals surface area contributed by atoms with Gasteiger partial charge in [0.05, 0.1) is 5.56 Å². The first-order valence-corrected chi connectivity index (χ1v) is 11.0. The van der Waals surface area contributed by atoms with Crippen LogP contribution in [-0.2, 0) is 17.6 Å². The topological polar surface area (TPSA) is 104 Å². The lowest BCUT2D eigenvalue weighted by molar-refractivity contribution is -0.122. The third-order valence-corrected chi connectivity index (χ3v) is 5.83. The second kappa shape index (κ2) is 9.86. The van der Waals surface area contributed by atoms with Gasteiger partial charge < -0.3 is 20.1 Å². The number of hydrogen-bond donors (Lipinski definition) is 3. The normalized spacial score (nSPS) is 15.6. The van der Waals surface area contributed by atoms with Crippen molar-refractivity contribution < 1.29 is 29.6 Å². The molecule has 1 aliphatic heterocycles. The highest BCUT2D eigenvalue weighted by atomic mass is 16.5. The maximum absolute atomic E-state index is 12.8. The number of aromatic hydroxyl groups is 3. The number of hydrogen-bond acceptors (Lipinski definition) is 6. The molecule has 0 fully saturated rings. The standard InChI is InChI=1S/C25H30O6/c1-3-5-6-7-8-9-10-16-11-18-21(14-15(16)4-2)31-25(24(30)22(18)28)17-12-19(26)23(29)20(27)13-17/h11-14,25-27,29H,3-10H2,1-2H3. The maximum Gasteiger partial charge on any atom is 0.248 e. The molecule has 0 spiro atoms. The molecule has 0 radical (unpaired) electrons. The third-order valence-electron chi connectivity index (χ3n) is 5.83. The molecule has 0 saturated carbocycles. The lowest BCUT2D eigenvalue weighted by Gasteiger charge is -2.26. The van der Waals surface area contributed by atoms with E-state index in [4.69, 9.17) is 4.74 Å². The van der Waals surface area contributed by atoms with Crippen molar-refractivity contribution in [2.75, 3.05) is 0 Å². The number of benzene rings is 2. The highest BCUT2D eigenvalue weighted by Gasteiger charge is 2.37. The van der Waals surface area contributed by atoms with Gasteiger partial charge in [-0.2, -0.15) is 0 Å². The molecule has 1 heterocycles. The van der Waals surface area contributed by atoms with Crippen LogP contribution in [0.3, 0.4) is 0 Å². The van der Waals surface area contributed by atoms with E-state index in [1.807, 2.05) is 13.0 Å². The molecule has 31 heavy (non-hydrogen) atoms. The van der Waals surface area contributed by atoms with Crippen molar-refractivity contribution in [3.8, 4) is 23.0 Å². The molecular weight excluding hydrogens is 396 g/mol. The maximum atomic E-state index is 12.8. The second-order valence-corrected chi connectivity index (χ2v) is 8.09. The summed E-state index contributed by atoms with van der Waals surface area (Å²) in [5.74, 6) is -2.96. The van der Waals surface area contributed by atoms with Crippen molar-refractivity contribution in [1.82, 2.24) is 0 Å². The Morgan fingerprint density at radius 3 is 2.13 bits per heavy atom. The van der Waals surface area contributed by atoms with Crippen LogP contribution < -0.4 is 4.74 Å². The minimum atomic E-state index is -1.29. The summed E-state index contributed by atoms with van der Waals surface area (Å²) in [6, 6.07) is 5.83. The molecular formula is C25H30O6. The van der Waals surface area contributed by atoms with Gasteiger partial charge in [0.1, 0.15) is 5.75 Å². The first-order valence-electron chi connectivity index (χ1n) is 11.0. The fourth-order valence-electron chi connectivity index (χ4n) is 4.03. The molecule has 0 bridgehead atoms. The van der Waals surface area contributed by atoms with Gasteiger partial charge in [-0.15, -0.1) is 0 Å². The van der Waals surface area contributed by atoms with E-state index in [2.05, 4.69) is 6.92 Å². The number of rotatable bonds is 9. The van der Waals surface area contributed by atoms with Crippen LogP contribution in [0.2, 0.25) is 0 Å². The van der Waals surface area contributed by atoms with E-state index in [-0.39, 0.29) is 11.1 Å². The summed E-state index contributed by atoms with van der Waals surface area (Å²) < 4.78 is 5.84. The van der Waals surface area contributed by atoms with E-state index in [0.29, 0.717) is 5.75 Å². The summed E-state index contributed by atoms with van der Waals surface area (Å²) in [6.45, 7) is 4.23. The number of carbonyl (C=O) groups is 2. The number of aryl methyl sites for hydroxylation is 2. The SMILES string of the molecule is CCCCCCCCc1cc2c(cc1CC)OC(c1cc(O)c(O)c(O)c1)C(=O)C2=O. The molecule has 2 aromatic rings. The summed E-state index contributed by atoms with van der Waals surface area (Å²) in [6.07, 6.45) is 7.43. The Kier molecular flexibility index (Phi) is 7.21. The summed E-state index contributed by atoms with van der Waals surface area (Å²) in [5, 5.41) is 29.1. The highest BCUT2D eigenvalue weighted by molar-refractivity contribution is 6.46. The van der Waals surface area contributed by atoms with Gasteiger partial charge in [0.15, 0.2) is 23.4 Å². The molecule has 1 unspecified atom stereocenters. The van der Waals surface area contributed by atoms with Crippen LogP contribution in [-0.4, -0.2) is 26.9 Å². The summed E-state index contributed by atoms with van der Waals surface area (Å²) >= 11 is 0. The number of phenols is 3. The van der Waals surface area contributed by atoms with E-state index in [9.17, 15) is 24.9 Å². The Hall–Kier alpha value is -3.02. The fourth-order valence-corrected chi connectivity index (χ4v) is 4.03. The van der Waals surface area contributed by atoms with Crippen LogP contribution in [0.1, 0.15) is 85.5 Å². The second-order valence-electron chi connectivity index (χ2n) is 8.09.